The highest BCUT2D eigenvalue weighted by Crippen LogP contribution is 2.44. The molecule has 3 heterocycles. The zero-order valence-electron chi connectivity index (χ0n) is 15.0. The van der Waals surface area contributed by atoms with E-state index in [1.54, 1.807) is 10.4 Å². The molecule has 26 heavy (non-hydrogen) atoms. The molecule has 0 spiro atoms. The van der Waals surface area contributed by atoms with Crippen LogP contribution in [-0.2, 0) is 16.4 Å². The molecule has 0 aromatic heterocycles. The molecule has 7 heteroatoms. The van der Waals surface area contributed by atoms with Gasteiger partial charge in [0, 0.05) is 37.6 Å². The Morgan fingerprint density at radius 3 is 2.92 bits per heavy atom. The number of halogens is 1. The van der Waals surface area contributed by atoms with E-state index < -0.39 is 10.0 Å². The lowest BCUT2D eigenvalue weighted by Crippen LogP contribution is -2.57. The number of hydrogen-bond acceptors (Lipinski definition) is 4. The Kier molecular flexibility index (Phi) is 5.21. The summed E-state index contributed by atoms with van der Waals surface area (Å²) in [7, 11) is -3.25. The Hall–Kier alpha value is -0.820. The van der Waals surface area contributed by atoms with Crippen LogP contribution in [0.1, 0.15) is 42.9 Å². The maximum absolute atomic E-state index is 12.9. The number of piperidine rings is 2. The van der Waals surface area contributed by atoms with Gasteiger partial charge in [-0.25, -0.2) is 8.42 Å². The highest BCUT2D eigenvalue weighted by atomic mass is 35.5. The third-order valence-electron chi connectivity index (χ3n) is 6.29. The molecule has 0 unspecified atom stereocenters. The Bertz CT molecular complexity index is 770. The number of aromatic hydroxyl groups is 1. The summed E-state index contributed by atoms with van der Waals surface area (Å²) in [6, 6.07) is 5.99. The van der Waals surface area contributed by atoms with Crippen LogP contribution in [-0.4, -0.2) is 60.0 Å². The molecule has 0 aliphatic carbocycles. The molecule has 4 rings (SSSR count). The van der Waals surface area contributed by atoms with Gasteiger partial charge in [-0.3, -0.25) is 4.90 Å². The van der Waals surface area contributed by atoms with Crippen LogP contribution in [0.5, 0.6) is 5.75 Å². The van der Waals surface area contributed by atoms with Crippen LogP contribution in [0, 0.1) is 5.92 Å². The van der Waals surface area contributed by atoms with Crippen LogP contribution >= 0.6 is 11.6 Å². The van der Waals surface area contributed by atoms with E-state index in [1.165, 1.54) is 11.1 Å². The van der Waals surface area contributed by atoms with Gasteiger partial charge in [0.25, 0.3) is 0 Å². The number of benzene rings is 1. The normalized spacial score (nSPS) is 29.7. The maximum atomic E-state index is 12.9. The summed E-state index contributed by atoms with van der Waals surface area (Å²) in [6.07, 6.45) is 4.37. The summed E-state index contributed by atoms with van der Waals surface area (Å²) < 4.78 is 27.5. The fourth-order valence-electron chi connectivity index (χ4n) is 5.10. The topological polar surface area (TPSA) is 60.9 Å². The van der Waals surface area contributed by atoms with Crippen molar-refractivity contribution >= 4 is 21.6 Å². The lowest BCUT2D eigenvalue weighted by molar-refractivity contribution is 0.0220. The third kappa shape index (κ3) is 3.37. The van der Waals surface area contributed by atoms with Crippen molar-refractivity contribution in [2.45, 2.75) is 44.2 Å². The molecule has 3 atom stereocenters. The molecule has 0 amide bonds. The molecule has 2 saturated heterocycles. The Morgan fingerprint density at radius 1 is 1.27 bits per heavy atom. The van der Waals surface area contributed by atoms with Gasteiger partial charge in [-0.05, 0) is 61.3 Å². The second-order valence-electron chi connectivity index (χ2n) is 7.82. The number of alkyl halides is 1. The molecular weight excluding hydrogens is 372 g/mol. The Morgan fingerprint density at radius 2 is 2.12 bits per heavy atom. The fraction of sp³-hybridized carbons (Fsp3) is 0.684. The summed E-state index contributed by atoms with van der Waals surface area (Å²) in [5.74, 6) is 1.27. The molecular formula is C19H27ClN2O3S. The molecule has 2 fully saturated rings. The molecule has 5 nitrogen and oxygen atoms in total. The van der Waals surface area contributed by atoms with E-state index in [0.717, 1.165) is 38.8 Å². The first kappa shape index (κ1) is 18.5. The maximum Gasteiger partial charge on any atom is 0.214 e. The molecule has 0 saturated carbocycles. The van der Waals surface area contributed by atoms with Crippen molar-refractivity contribution in [3.05, 3.63) is 29.3 Å². The van der Waals surface area contributed by atoms with Gasteiger partial charge in [-0.1, -0.05) is 6.07 Å². The second-order valence-corrected chi connectivity index (χ2v) is 10.2. The van der Waals surface area contributed by atoms with E-state index >= 15 is 0 Å². The van der Waals surface area contributed by atoms with E-state index in [2.05, 4.69) is 4.90 Å². The van der Waals surface area contributed by atoms with Crippen molar-refractivity contribution < 1.29 is 13.5 Å². The van der Waals surface area contributed by atoms with Crippen molar-refractivity contribution in [2.24, 2.45) is 5.92 Å². The SMILES string of the molecule is O=S(=O)(CCCCl)N1CCC[C@@H]2CN3CCc4cc(O)ccc4[C@@H]3C[C@@H]21. The summed E-state index contributed by atoms with van der Waals surface area (Å²) in [5.41, 5.74) is 2.47. The van der Waals surface area contributed by atoms with Crippen LogP contribution in [0.4, 0.5) is 0 Å². The molecule has 1 aromatic carbocycles. The average molecular weight is 399 g/mol. The quantitative estimate of drug-likeness (QED) is 0.792. The van der Waals surface area contributed by atoms with Gasteiger partial charge in [0.15, 0.2) is 0 Å². The average Bonchev–Trinajstić information content (AvgIpc) is 2.64. The van der Waals surface area contributed by atoms with Crippen LogP contribution in [0.3, 0.4) is 0 Å². The number of rotatable bonds is 4. The van der Waals surface area contributed by atoms with Gasteiger partial charge in [0.05, 0.1) is 5.75 Å². The monoisotopic (exact) mass is 398 g/mol. The van der Waals surface area contributed by atoms with Crippen LogP contribution in [0.2, 0.25) is 0 Å². The summed E-state index contributed by atoms with van der Waals surface area (Å²) >= 11 is 5.73. The van der Waals surface area contributed by atoms with Crippen LogP contribution in [0.25, 0.3) is 0 Å². The largest absolute Gasteiger partial charge is 0.508 e. The first-order valence-electron chi connectivity index (χ1n) is 9.61. The van der Waals surface area contributed by atoms with Gasteiger partial charge in [0.1, 0.15) is 5.75 Å². The van der Waals surface area contributed by atoms with Crippen molar-refractivity contribution in [3.8, 4) is 5.75 Å². The smallest absolute Gasteiger partial charge is 0.214 e. The molecule has 144 valence electrons. The number of fused-ring (bicyclic) bond motifs is 4. The van der Waals surface area contributed by atoms with Crippen LogP contribution in [0.15, 0.2) is 18.2 Å². The minimum atomic E-state index is -3.25. The highest BCUT2D eigenvalue weighted by Gasteiger charge is 2.45. The minimum absolute atomic E-state index is 0.0880. The lowest BCUT2D eigenvalue weighted by atomic mass is 9.77. The van der Waals surface area contributed by atoms with E-state index in [9.17, 15) is 13.5 Å². The molecule has 3 aliphatic heterocycles. The van der Waals surface area contributed by atoms with Crippen molar-refractivity contribution in [1.82, 2.24) is 9.21 Å². The zero-order valence-corrected chi connectivity index (χ0v) is 16.6. The lowest BCUT2D eigenvalue weighted by Gasteiger charge is -2.51. The van der Waals surface area contributed by atoms with E-state index in [1.807, 2.05) is 12.1 Å². The van der Waals surface area contributed by atoms with Crippen LogP contribution < -0.4 is 0 Å². The highest BCUT2D eigenvalue weighted by molar-refractivity contribution is 7.89. The Labute approximate surface area is 161 Å². The van der Waals surface area contributed by atoms with E-state index in [0.29, 0.717) is 30.5 Å². The number of phenolic OH excluding ortho intramolecular Hbond substituents is 1. The van der Waals surface area contributed by atoms with Crippen molar-refractivity contribution in [1.29, 1.82) is 0 Å². The minimum Gasteiger partial charge on any atom is -0.508 e. The fourth-order valence-corrected chi connectivity index (χ4v) is 7.21. The van der Waals surface area contributed by atoms with Gasteiger partial charge in [-0.15, -0.1) is 11.6 Å². The predicted molar refractivity (Wildman–Crippen MR) is 103 cm³/mol. The molecule has 1 aromatic rings. The predicted octanol–water partition coefficient (Wildman–Crippen LogP) is 2.73. The third-order valence-corrected chi connectivity index (χ3v) is 8.53. The van der Waals surface area contributed by atoms with Gasteiger partial charge in [0.2, 0.25) is 10.0 Å². The van der Waals surface area contributed by atoms with E-state index in [-0.39, 0.29) is 17.8 Å². The van der Waals surface area contributed by atoms with Gasteiger partial charge >= 0.3 is 0 Å². The summed E-state index contributed by atoms with van der Waals surface area (Å²) in [4.78, 5) is 2.52. The second kappa shape index (κ2) is 7.30. The van der Waals surface area contributed by atoms with Crippen molar-refractivity contribution in [3.63, 3.8) is 0 Å². The summed E-state index contributed by atoms with van der Waals surface area (Å²) in [6.45, 7) is 2.60. The molecule has 1 N–H and O–H groups in total. The number of phenols is 1. The Balaban J connectivity index is 1.61. The standard InChI is InChI=1S/C19H27ClN2O3S/c20-7-2-10-26(24,25)22-8-1-3-15-13-21-9-6-14-11-16(23)4-5-17(14)19(21)12-18(15)22/h4-5,11,15,18-19,23H,1-3,6-10,12-13H2/t15-,18+,19+/m1/s1. The first-order chi connectivity index (χ1) is 12.5. The molecule has 3 aliphatic rings. The van der Waals surface area contributed by atoms with E-state index in [4.69, 9.17) is 11.6 Å². The first-order valence-corrected chi connectivity index (χ1v) is 11.8. The van der Waals surface area contributed by atoms with Gasteiger partial charge < -0.3 is 5.11 Å². The van der Waals surface area contributed by atoms with Gasteiger partial charge in [-0.2, -0.15) is 4.31 Å². The van der Waals surface area contributed by atoms with Crippen molar-refractivity contribution in [2.75, 3.05) is 31.3 Å². The number of nitrogens with zero attached hydrogens (tertiary/aromatic N) is 2. The number of hydrogen-bond donors (Lipinski definition) is 1. The number of sulfonamides is 1. The molecule has 0 radical (unpaired) electrons. The molecule has 0 bridgehead atoms. The summed E-state index contributed by atoms with van der Waals surface area (Å²) in [5, 5.41) is 9.79. The zero-order chi connectivity index (χ0) is 18.3.